The van der Waals surface area contributed by atoms with Gasteiger partial charge in [0.25, 0.3) is 0 Å². The summed E-state index contributed by atoms with van der Waals surface area (Å²) in [5, 5.41) is 0. The molecule has 0 radical (unpaired) electrons. The van der Waals surface area contributed by atoms with Crippen molar-refractivity contribution in [1.82, 2.24) is 4.90 Å². The largest absolute Gasteiger partial charge is 0.456 e. The monoisotopic (exact) mass is 372 g/mol. The van der Waals surface area contributed by atoms with Gasteiger partial charge in [0.15, 0.2) is 12.4 Å². The van der Waals surface area contributed by atoms with E-state index >= 15 is 0 Å². The Morgan fingerprint density at radius 3 is 2.56 bits per heavy atom. The summed E-state index contributed by atoms with van der Waals surface area (Å²) in [5.41, 5.74) is 1.08. The van der Waals surface area contributed by atoms with Crippen molar-refractivity contribution in [3.05, 3.63) is 29.8 Å². The van der Waals surface area contributed by atoms with Gasteiger partial charge < -0.3 is 14.5 Å². The number of anilines is 1. The number of Topliss-reactive ketones (excluding diaryl/α,β-unsaturated/α-hetero) is 1. The fourth-order valence-electron chi connectivity index (χ4n) is 3.40. The molecule has 27 heavy (non-hydrogen) atoms. The molecular weight excluding hydrogens is 348 g/mol. The maximum absolute atomic E-state index is 12.3. The van der Waals surface area contributed by atoms with Gasteiger partial charge in [-0.2, -0.15) is 0 Å². The van der Waals surface area contributed by atoms with Crippen LogP contribution in [-0.4, -0.2) is 54.7 Å². The normalized spacial score (nSPS) is 17.8. The average molecular weight is 372 g/mol. The molecule has 0 saturated carbocycles. The molecule has 144 valence electrons. The number of hydrogen-bond donors (Lipinski definition) is 0. The highest BCUT2D eigenvalue weighted by Gasteiger charge is 2.23. The first-order chi connectivity index (χ1) is 13.0. The van der Waals surface area contributed by atoms with Crippen LogP contribution in [0, 0.1) is 0 Å². The molecule has 2 fully saturated rings. The van der Waals surface area contributed by atoms with Crippen molar-refractivity contribution in [2.24, 2.45) is 0 Å². The van der Waals surface area contributed by atoms with Gasteiger partial charge in [-0.25, -0.2) is 0 Å². The fraction of sp³-hybridized carbons (Fsp3) is 0.500. The summed E-state index contributed by atoms with van der Waals surface area (Å²) >= 11 is 0. The Bertz CT molecular complexity index is 746. The van der Waals surface area contributed by atoms with Gasteiger partial charge >= 0.3 is 5.97 Å². The van der Waals surface area contributed by atoms with Gasteiger partial charge in [0.2, 0.25) is 11.8 Å². The Kier molecular flexibility index (Phi) is 6.21. The van der Waals surface area contributed by atoms with E-state index in [-0.39, 0.29) is 30.7 Å². The number of nitrogens with zero attached hydrogens (tertiary/aromatic N) is 2. The maximum Gasteiger partial charge on any atom is 0.326 e. The molecule has 7 heteroatoms. The molecule has 2 amide bonds. The summed E-state index contributed by atoms with van der Waals surface area (Å²) < 4.78 is 5.07. The van der Waals surface area contributed by atoms with E-state index in [0.717, 1.165) is 25.7 Å². The summed E-state index contributed by atoms with van der Waals surface area (Å²) in [6, 6.07) is 6.79. The summed E-state index contributed by atoms with van der Waals surface area (Å²) in [4.78, 5) is 51.3. The number of amides is 2. The van der Waals surface area contributed by atoms with Crippen LogP contribution < -0.4 is 4.90 Å². The smallest absolute Gasteiger partial charge is 0.326 e. The number of likely N-dealkylation sites (tertiary alicyclic amines) is 1. The first-order valence-corrected chi connectivity index (χ1v) is 9.41. The number of rotatable bonds is 6. The second-order valence-electron chi connectivity index (χ2n) is 6.91. The van der Waals surface area contributed by atoms with E-state index < -0.39 is 5.97 Å². The minimum absolute atomic E-state index is 0.0428. The Morgan fingerprint density at radius 1 is 0.963 bits per heavy atom. The van der Waals surface area contributed by atoms with Crippen molar-refractivity contribution in [1.29, 1.82) is 0 Å². The van der Waals surface area contributed by atoms with Gasteiger partial charge in [0.05, 0.1) is 0 Å². The summed E-state index contributed by atoms with van der Waals surface area (Å²) in [6.07, 6.45) is 4.48. The highest BCUT2D eigenvalue weighted by atomic mass is 16.5. The predicted molar refractivity (Wildman–Crippen MR) is 98.4 cm³/mol. The lowest BCUT2D eigenvalue weighted by Crippen LogP contribution is -2.36. The summed E-state index contributed by atoms with van der Waals surface area (Å²) in [6.45, 7) is 0.704. The number of hydrogen-bond acceptors (Lipinski definition) is 5. The number of esters is 1. The number of ketones is 1. The van der Waals surface area contributed by atoms with E-state index in [0.29, 0.717) is 37.2 Å². The SMILES string of the molecule is O=C(CN1CCCCCC1=O)OCC(=O)c1cccc(N2CCCC2=O)c1. The van der Waals surface area contributed by atoms with Gasteiger partial charge in [-0.15, -0.1) is 0 Å². The van der Waals surface area contributed by atoms with E-state index in [4.69, 9.17) is 4.74 Å². The van der Waals surface area contributed by atoms with Gasteiger partial charge in [0, 0.05) is 37.2 Å². The molecular formula is C20H24N2O5. The van der Waals surface area contributed by atoms with Crippen LogP contribution in [-0.2, 0) is 19.1 Å². The first-order valence-electron chi connectivity index (χ1n) is 9.41. The van der Waals surface area contributed by atoms with E-state index in [1.165, 1.54) is 4.90 Å². The van der Waals surface area contributed by atoms with Crippen molar-refractivity contribution < 1.29 is 23.9 Å². The molecule has 2 aliphatic rings. The van der Waals surface area contributed by atoms with Crippen LogP contribution in [0.4, 0.5) is 5.69 Å². The summed E-state index contributed by atoms with van der Waals surface area (Å²) in [7, 11) is 0. The molecule has 0 N–H and O–H groups in total. The van der Waals surface area contributed by atoms with Crippen molar-refractivity contribution in [3.63, 3.8) is 0 Å². The first kappa shape index (κ1) is 19.1. The highest BCUT2D eigenvalue weighted by Crippen LogP contribution is 2.22. The topological polar surface area (TPSA) is 84.0 Å². The fourth-order valence-corrected chi connectivity index (χ4v) is 3.40. The Labute approximate surface area is 158 Å². The minimum atomic E-state index is -0.579. The van der Waals surface area contributed by atoms with Crippen LogP contribution in [0.1, 0.15) is 48.9 Å². The lowest BCUT2D eigenvalue weighted by molar-refractivity contribution is -0.148. The third-order valence-corrected chi connectivity index (χ3v) is 4.91. The zero-order valence-corrected chi connectivity index (χ0v) is 15.3. The zero-order chi connectivity index (χ0) is 19.2. The van der Waals surface area contributed by atoms with Crippen LogP contribution in [0.15, 0.2) is 24.3 Å². The highest BCUT2D eigenvalue weighted by molar-refractivity contribution is 6.01. The lowest BCUT2D eigenvalue weighted by Gasteiger charge is -2.19. The van der Waals surface area contributed by atoms with Gasteiger partial charge in [-0.1, -0.05) is 18.6 Å². The summed E-state index contributed by atoms with van der Waals surface area (Å²) in [5.74, 6) is -0.907. The third kappa shape index (κ3) is 4.93. The Balaban J connectivity index is 1.53. The molecule has 2 saturated heterocycles. The minimum Gasteiger partial charge on any atom is -0.456 e. The van der Waals surface area contributed by atoms with Gasteiger partial charge in [-0.05, 0) is 31.4 Å². The molecule has 7 nitrogen and oxygen atoms in total. The van der Waals surface area contributed by atoms with Gasteiger partial charge in [-0.3, -0.25) is 19.2 Å². The predicted octanol–water partition coefficient (Wildman–Crippen LogP) is 1.94. The molecule has 3 rings (SSSR count). The lowest BCUT2D eigenvalue weighted by atomic mass is 10.1. The molecule has 1 aromatic rings. The van der Waals surface area contributed by atoms with Crippen LogP contribution in [0.2, 0.25) is 0 Å². The zero-order valence-electron chi connectivity index (χ0n) is 15.3. The average Bonchev–Trinajstić information content (AvgIpc) is 3.00. The second kappa shape index (κ2) is 8.79. The Hall–Kier alpha value is -2.70. The van der Waals surface area contributed by atoms with Crippen LogP contribution in [0.5, 0.6) is 0 Å². The van der Waals surface area contributed by atoms with E-state index in [1.807, 2.05) is 0 Å². The second-order valence-corrected chi connectivity index (χ2v) is 6.91. The van der Waals surface area contributed by atoms with Gasteiger partial charge in [0.1, 0.15) is 6.54 Å². The number of ether oxygens (including phenoxy) is 1. The molecule has 0 bridgehead atoms. The molecule has 1 aromatic carbocycles. The van der Waals surface area contributed by atoms with Crippen molar-refractivity contribution in [3.8, 4) is 0 Å². The van der Waals surface area contributed by atoms with Crippen LogP contribution in [0.3, 0.4) is 0 Å². The quantitative estimate of drug-likeness (QED) is 0.563. The van der Waals surface area contributed by atoms with E-state index in [9.17, 15) is 19.2 Å². The van der Waals surface area contributed by atoms with E-state index in [1.54, 1.807) is 29.2 Å². The Morgan fingerprint density at radius 2 is 1.78 bits per heavy atom. The van der Waals surface area contributed by atoms with E-state index in [2.05, 4.69) is 0 Å². The number of benzene rings is 1. The van der Waals surface area contributed by atoms with Crippen molar-refractivity contribution in [2.45, 2.75) is 38.5 Å². The molecule has 0 spiro atoms. The number of carbonyl (C=O) groups is 4. The molecule has 0 atom stereocenters. The van der Waals surface area contributed by atoms with Crippen molar-refractivity contribution in [2.75, 3.05) is 31.1 Å². The molecule has 2 aliphatic heterocycles. The number of carbonyl (C=O) groups excluding carboxylic acids is 4. The molecule has 0 aromatic heterocycles. The molecule has 0 aliphatic carbocycles. The molecule has 0 unspecified atom stereocenters. The standard InChI is InChI=1S/C20H24N2O5/c23-17(14-27-20(26)13-21-10-3-1-2-8-18(21)24)15-6-4-7-16(12-15)22-11-5-9-19(22)25/h4,6-7,12H,1-3,5,8-11,13-14H2. The van der Waals surface area contributed by atoms with Crippen molar-refractivity contribution >= 4 is 29.3 Å². The van der Waals surface area contributed by atoms with Crippen LogP contribution >= 0.6 is 0 Å². The maximum atomic E-state index is 12.3. The molecule has 2 heterocycles. The third-order valence-electron chi connectivity index (χ3n) is 4.91. The van der Waals surface area contributed by atoms with Crippen LogP contribution in [0.25, 0.3) is 0 Å².